The summed E-state index contributed by atoms with van der Waals surface area (Å²) in [6.07, 6.45) is 1.38. The molecule has 3 rings (SSSR count). The van der Waals surface area contributed by atoms with Gasteiger partial charge in [0.05, 0.1) is 19.2 Å². The Balaban J connectivity index is 1.73. The zero-order chi connectivity index (χ0) is 26.9. The van der Waals surface area contributed by atoms with Gasteiger partial charge in [-0.3, -0.25) is 9.59 Å². The molecule has 0 saturated heterocycles. The first kappa shape index (κ1) is 27.1. The molecule has 0 heterocycles. The molecule has 0 bridgehead atoms. The highest BCUT2D eigenvalue weighted by Crippen LogP contribution is 2.37. The van der Waals surface area contributed by atoms with Crippen molar-refractivity contribution in [3.8, 4) is 23.3 Å². The monoisotopic (exact) mass is 519 g/mol. The Hall–Kier alpha value is -4.48. The predicted molar refractivity (Wildman–Crippen MR) is 143 cm³/mol. The van der Waals surface area contributed by atoms with Crippen molar-refractivity contribution in [2.75, 3.05) is 31.5 Å². The highest BCUT2D eigenvalue weighted by atomic mass is 35.5. The maximum absolute atomic E-state index is 12.6. The number of nitrogens with zero attached hydrogens (tertiary/aromatic N) is 1. The number of nitrogens with one attached hydrogen (secondary N) is 2. The van der Waals surface area contributed by atoms with Gasteiger partial charge in [-0.25, -0.2) is 0 Å². The van der Waals surface area contributed by atoms with E-state index in [0.717, 1.165) is 11.1 Å². The summed E-state index contributed by atoms with van der Waals surface area (Å²) in [6, 6.07) is 17.4. The summed E-state index contributed by atoms with van der Waals surface area (Å²) in [5.41, 5.74) is 3.44. The van der Waals surface area contributed by atoms with Gasteiger partial charge in [-0.1, -0.05) is 23.7 Å². The highest BCUT2D eigenvalue weighted by Gasteiger charge is 2.16. The van der Waals surface area contributed by atoms with Crippen molar-refractivity contribution in [1.29, 1.82) is 5.26 Å². The second-order valence-corrected chi connectivity index (χ2v) is 8.45. The minimum atomic E-state index is -0.591. The van der Waals surface area contributed by atoms with Crippen LogP contribution >= 0.6 is 11.6 Å². The highest BCUT2D eigenvalue weighted by molar-refractivity contribution is 6.32. The summed E-state index contributed by atoms with van der Waals surface area (Å²) in [5.74, 6) is 0.0922. The lowest BCUT2D eigenvalue weighted by Gasteiger charge is -2.14. The number of halogens is 1. The molecule has 0 saturated carbocycles. The van der Waals surface area contributed by atoms with Crippen molar-refractivity contribution >= 4 is 40.9 Å². The van der Waals surface area contributed by atoms with Crippen LogP contribution < -0.4 is 24.8 Å². The molecule has 190 valence electrons. The lowest BCUT2D eigenvalue weighted by molar-refractivity contribution is -0.118. The SMILES string of the molecule is COc1ccc(NC(=O)/C(C#N)=C\c2cc(Cl)c(OCC(=O)Nc3cc(C)ccc3C)c(OC)c2)cc1. The van der Waals surface area contributed by atoms with E-state index >= 15 is 0 Å². The summed E-state index contributed by atoms with van der Waals surface area (Å²) in [7, 11) is 2.96. The second kappa shape index (κ2) is 12.5. The molecule has 0 spiro atoms. The summed E-state index contributed by atoms with van der Waals surface area (Å²) < 4.78 is 16.1. The number of methoxy groups -OCH3 is 2. The maximum atomic E-state index is 12.6. The molecule has 0 radical (unpaired) electrons. The van der Waals surface area contributed by atoms with Crippen LogP contribution in [0.2, 0.25) is 5.02 Å². The number of hydrogen-bond acceptors (Lipinski definition) is 6. The predicted octanol–water partition coefficient (Wildman–Crippen LogP) is 5.54. The number of carbonyl (C=O) groups excluding carboxylic acids is 2. The molecule has 37 heavy (non-hydrogen) atoms. The van der Waals surface area contributed by atoms with Crippen molar-refractivity contribution in [3.63, 3.8) is 0 Å². The van der Waals surface area contributed by atoms with Gasteiger partial charge in [0.25, 0.3) is 11.8 Å². The Morgan fingerprint density at radius 2 is 1.73 bits per heavy atom. The number of anilines is 2. The summed E-state index contributed by atoms with van der Waals surface area (Å²) in [5, 5.41) is 15.2. The van der Waals surface area contributed by atoms with Crippen LogP contribution in [0, 0.1) is 25.2 Å². The summed E-state index contributed by atoms with van der Waals surface area (Å²) in [6.45, 7) is 3.54. The zero-order valence-electron chi connectivity index (χ0n) is 20.8. The Bertz CT molecular complexity index is 1380. The molecule has 0 unspecified atom stereocenters. The van der Waals surface area contributed by atoms with E-state index in [1.807, 2.05) is 38.1 Å². The molecule has 0 aliphatic carbocycles. The van der Waals surface area contributed by atoms with Crippen LogP contribution in [-0.4, -0.2) is 32.6 Å². The third-order valence-electron chi connectivity index (χ3n) is 5.29. The Kier molecular flexibility index (Phi) is 9.14. The lowest BCUT2D eigenvalue weighted by atomic mass is 10.1. The minimum absolute atomic E-state index is 0.143. The van der Waals surface area contributed by atoms with E-state index in [-0.39, 0.29) is 34.6 Å². The fourth-order valence-electron chi connectivity index (χ4n) is 3.35. The standard InChI is InChI=1S/C28H26ClN3O5/c1-17-5-6-18(2)24(11-17)32-26(33)16-37-27-23(29)13-19(14-25(27)36-4)12-20(15-30)28(34)31-21-7-9-22(35-3)10-8-21/h5-14H,16H2,1-4H3,(H,31,34)(H,32,33)/b20-12-. The average molecular weight is 520 g/mol. The third-order valence-corrected chi connectivity index (χ3v) is 5.57. The van der Waals surface area contributed by atoms with Crippen LogP contribution in [0.4, 0.5) is 11.4 Å². The molecular weight excluding hydrogens is 494 g/mol. The molecule has 0 aromatic heterocycles. The minimum Gasteiger partial charge on any atom is -0.497 e. The van der Waals surface area contributed by atoms with Crippen LogP contribution in [-0.2, 0) is 9.59 Å². The summed E-state index contributed by atoms with van der Waals surface area (Å²) >= 11 is 6.41. The molecule has 0 aliphatic rings. The molecule has 8 nitrogen and oxygen atoms in total. The quantitative estimate of drug-likeness (QED) is 0.284. The van der Waals surface area contributed by atoms with E-state index in [1.165, 1.54) is 19.3 Å². The molecule has 0 atom stereocenters. The number of amides is 2. The Morgan fingerprint density at radius 1 is 1.00 bits per heavy atom. The molecule has 2 amide bonds. The molecule has 3 aromatic rings. The van der Waals surface area contributed by atoms with E-state index in [0.29, 0.717) is 22.7 Å². The molecule has 9 heteroatoms. The van der Waals surface area contributed by atoms with Crippen LogP contribution in [0.1, 0.15) is 16.7 Å². The van der Waals surface area contributed by atoms with Gasteiger partial charge in [0.15, 0.2) is 18.1 Å². The number of nitriles is 1. The average Bonchev–Trinajstić information content (AvgIpc) is 2.88. The van der Waals surface area contributed by atoms with Crippen molar-refractivity contribution in [2.45, 2.75) is 13.8 Å². The van der Waals surface area contributed by atoms with Gasteiger partial charge in [0.2, 0.25) is 0 Å². The van der Waals surface area contributed by atoms with E-state index < -0.39 is 5.91 Å². The number of benzene rings is 3. The van der Waals surface area contributed by atoms with Gasteiger partial charge in [-0.2, -0.15) is 5.26 Å². The van der Waals surface area contributed by atoms with Gasteiger partial charge in [0.1, 0.15) is 17.4 Å². The van der Waals surface area contributed by atoms with E-state index in [1.54, 1.807) is 37.4 Å². The summed E-state index contributed by atoms with van der Waals surface area (Å²) in [4.78, 5) is 25.1. The van der Waals surface area contributed by atoms with Crippen LogP contribution in [0.3, 0.4) is 0 Å². The Morgan fingerprint density at radius 3 is 2.38 bits per heavy atom. The normalized spacial score (nSPS) is 10.8. The van der Waals surface area contributed by atoms with Gasteiger partial charge >= 0.3 is 0 Å². The first-order chi connectivity index (χ1) is 17.7. The van der Waals surface area contributed by atoms with Crippen molar-refractivity contribution in [1.82, 2.24) is 0 Å². The fourth-order valence-corrected chi connectivity index (χ4v) is 3.62. The van der Waals surface area contributed by atoms with Gasteiger partial charge in [-0.05, 0) is 79.1 Å². The van der Waals surface area contributed by atoms with Crippen LogP contribution in [0.25, 0.3) is 6.08 Å². The van der Waals surface area contributed by atoms with E-state index in [2.05, 4.69) is 10.6 Å². The third kappa shape index (κ3) is 7.26. The first-order valence-electron chi connectivity index (χ1n) is 11.2. The number of rotatable bonds is 9. The number of ether oxygens (including phenoxy) is 3. The van der Waals surface area contributed by atoms with E-state index in [9.17, 15) is 14.9 Å². The van der Waals surface area contributed by atoms with Gasteiger partial charge in [-0.15, -0.1) is 0 Å². The maximum Gasteiger partial charge on any atom is 0.266 e. The number of aryl methyl sites for hydroxylation is 2. The Labute approximate surface area is 220 Å². The smallest absolute Gasteiger partial charge is 0.266 e. The van der Waals surface area contributed by atoms with Crippen LogP contribution in [0.15, 0.2) is 60.2 Å². The zero-order valence-corrected chi connectivity index (χ0v) is 21.6. The number of carbonyl (C=O) groups is 2. The van der Waals surface area contributed by atoms with Gasteiger partial charge < -0.3 is 24.8 Å². The molecule has 0 aliphatic heterocycles. The molecule has 3 aromatic carbocycles. The van der Waals surface area contributed by atoms with Crippen molar-refractivity contribution < 1.29 is 23.8 Å². The van der Waals surface area contributed by atoms with Crippen molar-refractivity contribution in [2.24, 2.45) is 0 Å². The molecule has 0 fully saturated rings. The van der Waals surface area contributed by atoms with E-state index in [4.69, 9.17) is 25.8 Å². The fraction of sp³-hybridized carbons (Fsp3) is 0.179. The van der Waals surface area contributed by atoms with Crippen LogP contribution in [0.5, 0.6) is 17.2 Å². The van der Waals surface area contributed by atoms with Gasteiger partial charge in [0, 0.05) is 11.4 Å². The largest absolute Gasteiger partial charge is 0.497 e. The van der Waals surface area contributed by atoms with Crippen molar-refractivity contribution in [3.05, 3.63) is 81.9 Å². The lowest BCUT2D eigenvalue weighted by Crippen LogP contribution is -2.21. The molecular formula is C28H26ClN3O5. The topological polar surface area (TPSA) is 110 Å². The number of hydrogen-bond donors (Lipinski definition) is 2. The second-order valence-electron chi connectivity index (χ2n) is 8.04. The first-order valence-corrected chi connectivity index (χ1v) is 11.6. The molecule has 2 N–H and O–H groups in total.